The van der Waals surface area contributed by atoms with Gasteiger partial charge in [0, 0.05) is 5.54 Å². The lowest BCUT2D eigenvalue weighted by Crippen LogP contribution is -2.51. The molecule has 0 amide bonds. The Balaban J connectivity index is 2.43. The summed E-state index contributed by atoms with van der Waals surface area (Å²) in [7, 11) is 2.07. The van der Waals surface area contributed by atoms with Gasteiger partial charge >= 0.3 is 0 Å². The fourth-order valence-corrected chi connectivity index (χ4v) is 2.87. The van der Waals surface area contributed by atoms with Crippen molar-refractivity contribution < 1.29 is 0 Å². The Morgan fingerprint density at radius 3 is 2.56 bits per heavy atom. The van der Waals surface area contributed by atoms with Crippen LogP contribution in [-0.4, -0.2) is 37.1 Å². The molecule has 0 bridgehead atoms. The number of hydrogen-bond acceptors (Lipinski definition) is 2. The molecule has 0 aromatic heterocycles. The Morgan fingerprint density at radius 1 is 1.38 bits per heavy atom. The highest BCUT2D eigenvalue weighted by Crippen LogP contribution is 2.31. The summed E-state index contributed by atoms with van der Waals surface area (Å²) >= 11 is 0. The van der Waals surface area contributed by atoms with Crippen molar-refractivity contribution in [3.63, 3.8) is 0 Å². The summed E-state index contributed by atoms with van der Waals surface area (Å²) in [5, 5.41) is 3.32. The largest absolute Gasteiger partial charge is 0.319 e. The molecule has 1 heterocycles. The lowest BCUT2D eigenvalue weighted by Gasteiger charge is -2.46. The van der Waals surface area contributed by atoms with Gasteiger partial charge in [0.1, 0.15) is 0 Å². The van der Waals surface area contributed by atoms with Crippen LogP contribution in [0.25, 0.3) is 0 Å². The average molecular weight is 226 g/mol. The molecule has 1 unspecified atom stereocenters. The number of hydrogen-bond donors (Lipinski definition) is 1. The van der Waals surface area contributed by atoms with E-state index in [9.17, 15) is 0 Å². The third-order valence-electron chi connectivity index (χ3n) is 3.92. The van der Waals surface area contributed by atoms with Crippen LogP contribution in [0.5, 0.6) is 0 Å². The van der Waals surface area contributed by atoms with Crippen molar-refractivity contribution in [3.05, 3.63) is 0 Å². The van der Waals surface area contributed by atoms with Crippen LogP contribution in [-0.2, 0) is 0 Å². The molecule has 2 nitrogen and oxygen atoms in total. The monoisotopic (exact) mass is 226 g/mol. The molecule has 1 atom stereocenters. The minimum atomic E-state index is 0.397. The maximum Gasteiger partial charge on any atom is 0.0156 e. The van der Waals surface area contributed by atoms with Crippen molar-refractivity contribution in [1.82, 2.24) is 10.2 Å². The molecule has 0 aromatic carbocycles. The van der Waals surface area contributed by atoms with E-state index in [4.69, 9.17) is 0 Å². The third-order valence-corrected chi connectivity index (χ3v) is 3.92. The minimum Gasteiger partial charge on any atom is -0.319 e. The van der Waals surface area contributed by atoms with Crippen molar-refractivity contribution in [2.24, 2.45) is 11.8 Å². The quantitative estimate of drug-likeness (QED) is 0.775. The second-order valence-corrected chi connectivity index (χ2v) is 6.40. The second-order valence-electron chi connectivity index (χ2n) is 6.40. The summed E-state index contributed by atoms with van der Waals surface area (Å²) in [4.78, 5) is 2.69. The van der Waals surface area contributed by atoms with E-state index in [0.717, 1.165) is 11.8 Å². The number of nitrogens with one attached hydrogen (secondary N) is 1. The SMILES string of the molecule is CNCC1CCN(CCC(C)C)C(C)(C)C1. The molecular formula is C14H30N2. The fraction of sp³-hybridized carbons (Fsp3) is 1.00. The maximum absolute atomic E-state index is 3.32. The van der Waals surface area contributed by atoms with Gasteiger partial charge in [0.25, 0.3) is 0 Å². The van der Waals surface area contributed by atoms with E-state index in [0.29, 0.717) is 5.54 Å². The summed E-state index contributed by atoms with van der Waals surface area (Å²) in [6.07, 6.45) is 4.04. The van der Waals surface area contributed by atoms with Crippen molar-refractivity contribution >= 4 is 0 Å². The van der Waals surface area contributed by atoms with Crippen molar-refractivity contribution in [2.45, 2.75) is 52.5 Å². The molecule has 0 radical (unpaired) electrons. The fourth-order valence-electron chi connectivity index (χ4n) is 2.87. The van der Waals surface area contributed by atoms with Crippen LogP contribution >= 0.6 is 0 Å². The van der Waals surface area contributed by atoms with Gasteiger partial charge in [-0.2, -0.15) is 0 Å². The van der Waals surface area contributed by atoms with E-state index in [-0.39, 0.29) is 0 Å². The standard InChI is InChI=1S/C14H30N2/c1-12(2)6-8-16-9-7-13(11-15-5)10-14(16,3)4/h12-13,15H,6-11H2,1-5H3. The number of likely N-dealkylation sites (tertiary alicyclic amines) is 1. The molecular weight excluding hydrogens is 196 g/mol. The van der Waals surface area contributed by atoms with Crippen molar-refractivity contribution in [1.29, 1.82) is 0 Å². The normalized spacial score (nSPS) is 26.2. The van der Waals surface area contributed by atoms with Gasteiger partial charge < -0.3 is 5.32 Å². The average Bonchev–Trinajstić information content (AvgIpc) is 2.15. The van der Waals surface area contributed by atoms with Gasteiger partial charge in [0.2, 0.25) is 0 Å². The topological polar surface area (TPSA) is 15.3 Å². The Kier molecular flexibility index (Phi) is 5.26. The molecule has 0 aliphatic carbocycles. The van der Waals surface area contributed by atoms with E-state index in [1.165, 1.54) is 38.9 Å². The van der Waals surface area contributed by atoms with Gasteiger partial charge in [-0.15, -0.1) is 0 Å². The van der Waals surface area contributed by atoms with E-state index in [1.807, 2.05) is 0 Å². The zero-order valence-electron chi connectivity index (χ0n) is 11.8. The van der Waals surface area contributed by atoms with Crippen LogP contribution in [0.15, 0.2) is 0 Å². The Labute approximate surface area is 102 Å². The van der Waals surface area contributed by atoms with Gasteiger partial charge in [-0.1, -0.05) is 13.8 Å². The van der Waals surface area contributed by atoms with E-state index >= 15 is 0 Å². The summed E-state index contributed by atoms with van der Waals surface area (Å²) in [6, 6.07) is 0. The first-order valence-electron chi connectivity index (χ1n) is 6.85. The first kappa shape index (κ1) is 14.0. The van der Waals surface area contributed by atoms with E-state index < -0.39 is 0 Å². The molecule has 0 saturated carbocycles. The molecule has 1 fully saturated rings. The van der Waals surface area contributed by atoms with Crippen LogP contribution in [0.4, 0.5) is 0 Å². The van der Waals surface area contributed by atoms with Crippen molar-refractivity contribution in [2.75, 3.05) is 26.7 Å². The summed E-state index contributed by atoms with van der Waals surface area (Å²) < 4.78 is 0. The first-order chi connectivity index (χ1) is 7.45. The van der Waals surface area contributed by atoms with Crippen LogP contribution in [0.3, 0.4) is 0 Å². The molecule has 16 heavy (non-hydrogen) atoms. The lowest BCUT2D eigenvalue weighted by molar-refractivity contribution is 0.0434. The number of rotatable bonds is 5. The summed E-state index contributed by atoms with van der Waals surface area (Å²) in [5.41, 5.74) is 0.397. The van der Waals surface area contributed by atoms with Crippen LogP contribution in [0.2, 0.25) is 0 Å². The van der Waals surface area contributed by atoms with Crippen molar-refractivity contribution in [3.8, 4) is 0 Å². The van der Waals surface area contributed by atoms with Gasteiger partial charge in [-0.25, -0.2) is 0 Å². The highest BCUT2D eigenvalue weighted by molar-refractivity contribution is 4.89. The molecule has 96 valence electrons. The van der Waals surface area contributed by atoms with E-state index in [2.05, 4.69) is 45.0 Å². The Hall–Kier alpha value is -0.0800. The molecule has 0 spiro atoms. The summed E-state index contributed by atoms with van der Waals surface area (Å²) in [5.74, 6) is 1.70. The zero-order valence-corrected chi connectivity index (χ0v) is 11.8. The Bertz CT molecular complexity index is 199. The van der Waals surface area contributed by atoms with Crippen LogP contribution in [0, 0.1) is 11.8 Å². The zero-order chi connectivity index (χ0) is 12.2. The van der Waals surface area contributed by atoms with Gasteiger partial charge in [0.05, 0.1) is 0 Å². The van der Waals surface area contributed by atoms with Gasteiger partial charge in [0.15, 0.2) is 0 Å². The predicted octanol–water partition coefficient (Wildman–Crippen LogP) is 2.74. The molecule has 1 aliphatic heterocycles. The maximum atomic E-state index is 3.32. The molecule has 1 saturated heterocycles. The van der Waals surface area contributed by atoms with Crippen LogP contribution < -0.4 is 5.32 Å². The lowest BCUT2D eigenvalue weighted by atomic mass is 9.82. The Morgan fingerprint density at radius 2 is 2.06 bits per heavy atom. The number of piperidine rings is 1. The predicted molar refractivity (Wildman–Crippen MR) is 71.8 cm³/mol. The molecule has 1 aliphatic rings. The third kappa shape index (κ3) is 4.06. The molecule has 1 rings (SSSR count). The smallest absolute Gasteiger partial charge is 0.0156 e. The molecule has 2 heteroatoms. The highest BCUT2D eigenvalue weighted by atomic mass is 15.2. The molecule has 0 aromatic rings. The minimum absolute atomic E-state index is 0.397. The van der Waals surface area contributed by atoms with E-state index in [1.54, 1.807) is 0 Å². The van der Waals surface area contributed by atoms with Gasteiger partial charge in [-0.05, 0) is 71.6 Å². The van der Waals surface area contributed by atoms with Crippen LogP contribution in [0.1, 0.15) is 47.0 Å². The summed E-state index contributed by atoms with van der Waals surface area (Å²) in [6.45, 7) is 13.2. The highest BCUT2D eigenvalue weighted by Gasteiger charge is 2.33. The second kappa shape index (κ2) is 6.02. The number of nitrogens with zero attached hydrogens (tertiary/aromatic N) is 1. The molecule has 1 N–H and O–H groups in total. The van der Waals surface area contributed by atoms with Gasteiger partial charge in [-0.3, -0.25) is 4.90 Å². The first-order valence-corrected chi connectivity index (χ1v) is 6.85.